The summed E-state index contributed by atoms with van der Waals surface area (Å²) < 4.78 is 1.75. The summed E-state index contributed by atoms with van der Waals surface area (Å²) in [6.07, 6.45) is 1.33. The number of rotatable bonds is 4. The highest BCUT2D eigenvalue weighted by molar-refractivity contribution is 6.31. The molecule has 2 rings (SSSR count). The van der Waals surface area contributed by atoms with Gasteiger partial charge in [0.2, 0.25) is 0 Å². The van der Waals surface area contributed by atoms with E-state index in [0.29, 0.717) is 22.2 Å². The Labute approximate surface area is 122 Å². The largest absolute Gasteiger partial charge is 0.386 e. The molecule has 0 amide bonds. The Balaban J connectivity index is 2.25. The molecule has 3 nitrogen and oxygen atoms in total. The average molecular weight is 299 g/mol. The molecule has 5 heteroatoms. The number of hydrogen-bond acceptors (Lipinski definition) is 2. The van der Waals surface area contributed by atoms with Gasteiger partial charge in [-0.3, -0.25) is 4.68 Å². The number of nitrogens with zero attached hydrogens (tertiary/aromatic N) is 2. The first-order valence-corrected chi connectivity index (χ1v) is 6.90. The molecule has 1 heterocycles. The summed E-state index contributed by atoms with van der Waals surface area (Å²) in [6, 6.07) is 7.60. The van der Waals surface area contributed by atoms with Crippen LogP contribution < -0.4 is 0 Å². The van der Waals surface area contributed by atoms with E-state index in [1.807, 2.05) is 38.1 Å². The third-order valence-corrected chi connectivity index (χ3v) is 3.44. The van der Waals surface area contributed by atoms with E-state index in [-0.39, 0.29) is 6.04 Å². The van der Waals surface area contributed by atoms with Crippen LogP contribution in [0.3, 0.4) is 0 Å². The molecule has 19 heavy (non-hydrogen) atoms. The summed E-state index contributed by atoms with van der Waals surface area (Å²) in [5, 5.41) is 15.7. The number of halogens is 2. The lowest BCUT2D eigenvalue weighted by molar-refractivity contribution is 0.165. The van der Waals surface area contributed by atoms with Gasteiger partial charge >= 0.3 is 0 Å². The first-order valence-electron chi connectivity index (χ1n) is 6.14. The molecule has 0 saturated carbocycles. The van der Waals surface area contributed by atoms with Gasteiger partial charge in [0.05, 0.1) is 16.9 Å². The van der Waals surface area contributed by atoms with Crippen LogP contribution in [0.25, 0.3) is 0 Å². The minimum Gasteiger partial charge on any atom is -0.386 e. The predicted octanol–water partition coefficient (Wildman–Crippen LogP) is 4.05. The molecular formula is C14H16Cl2N2O. The second-order valence-corrected chi connectivity index (χ2v) is 5.61. The van der Waals surface area contributed by atoms with Crippen molar-refractivity contribution in [2.45, 2.75) is 32.4 Å². The summed E-state index contributed by atoms with van der Waals surface area (Å²) in [6.45, 7) is 4.00. The lowest BCUT2D eigenvalue weighted by Crippen LogP contribution is -2.13. The van der Waals surface area contributed by atoms with Gasteiger partial charge in [-0.25, -0.2) is 0 Å². The van der Waals surface area contributed by atoms with Crippen LogP contribution in [-0.2, 0) is 6.42 Å². The molecular weight excluding hydrogens is 283 g/mol. The van der Waals surface area contributed by atoms with Gasteiger partial charge in [0, 0.05) is 17.5 Å². The van der Waals surface area contributed by atoms with Crippen LogP contribution in [0, 0.1) is 0 Å². The Hall–Kier alpha value is -1.03. The number of benzene rings is 1. The highest BCUT2D eigenvalue weighted by Crippen LogP contribution is 2.28. The maximum atomic E-state index is 10.4. The number of hydrogen-bond donors (Lipinski definition) is 1. The van der Waals surface area contributed by atoms with E-state index in [1.165, 1.54) is 0 Å². The Kier molecular flexibility index (Phi) is 4.50. The fraction of sp³-hybridized carbons (Fsp3) is 0.357. The summed E-state index contributed by atoms with van der Waals surface area (Å²) in [5.41, 5.74) is 1.62. The molecule has 0 radical (unpaired) electrons. The highest BCUT2D eigenvalue weighted by Gasteiger charge is 2.20. The first kappa shape index (κ1) is 14.4. The smallest absolute Gasteiger partial charge is 0.101 e. The lowest BCUT2D eigenvalue weighted by atomic mass is 10.1. The Morgan fingerprint density at radius 1 is 1.32 bits per heavy atom. The van der Waals surface area contributed by atoms with Crippen molar-refractivity contribution in [3.8, 4) is 0 Å². The Morgan fingerprint density at radius 2 is 2.05 bits per heavy atom. The van der Waals surface area contributed by atoms with Crippen LogP contribution in [-0.4, -0.2) is 14.9 Å². The maximum absolute atomic E-state index is 10.4. The van der Waals surface area contributed by atoms with E-state index in [4.69, 9.17) is 23.2 Å². The molecule has 1 N–H and O–H groups in total. The number of aromatic nitrogens is 2. The Bertz CT molecular complexity index is 566. The predicted molar refractivity (Wildman–Crippen MR) is 77.7 cm³/mol. The van der Waals surface area contributed by atoms with Gasteiger partial charge in [-0.1, -0.05) is 35.3 Å². The zero-order valence-corrected chi connectivity index (χ0v) is 12.4. The quantitative estimate of drug-likeness (QED) is 0.925. The molecule has 0 bridgehead atoms. The maximum Gasteiger partial charge on any atom is 0.101 e. The molecule has 0 fully saturated rings. The van der Waals surface area contributed by atoms with Gasteiger partial charge in [-0.2, -0.15) is 5.10 Å². The van der Waals surface area contributed by atoms with Gasteiger partial charge in [-0.05, 0) is 31.5 Å². The van der Waals surface area contributed by atoms with E-state index in [1.54, 1.807) is 10.9 Å². The van der Waals surface area contributed by atoms with Crippen molar-refractivity contribution in [1.29, 1.82) is 0 Å². The summed E-state index contributed by atoms with van der Waals surface area (Å²) in [7, 11) is 0. The number of aliphatic hydroxyl groups excluding tert-OH is 1. The zero-order valence-electron chi connectivity index (χ0n) is 10.8. The molecule has 0 saturated heterocycles. The third kappa shape index (κ3) is 3.30. The SMILES string of the molecule is CC(C)n1ncc(Cl)c1C(O)Cc1cccc(Cl)c1. The molecule has 2 aromatic rings. The van der Waals surface area contributed by atoms with E-state index < -0.39 is 6.10 Å². The van der Waals surface area contributed by atoms with Gasteiger partial charge in [0.15, 0.2) is 0 Å². The minimum atomic E-state index is -0.698. The molecule has 1 atom stereocenters. The molecule has 102 valence electrons. The summed E-state index contributed by atoms with van der Waals surface area (Å²) in [5.74, 6) is 0. The van der Waals surface area contributed by atoms with Gasteiger partial charge < -0.3 is 5.11 Å². The van der Waals surface area contributed by atoms with Crippen molar-refractivity contribution in [2.24, 2.45) is 0 Å². The summed E-state index contributed by atoms with van der Waals surface area (Å²) >= 11 is 12.1. The second-order valence-electron chi connectivity index (χ2n) is 4.77. The van der Waals surface area contributed by atoms with Crippen molar-refractivity contribution in [3.63, 3.8) is 0 Å². The van der Waals surface area contributed by atoms with Crippen LogP contribution in [0.2, 0.25) is 10.0 Å². The van der Waals surface area contributed by atoms with E-state index in [9.17, 15) is 5.11 Å². The molecule has 1 aromatic carbocycles. The normalized spacial score (nSPS) is 12.9. The fourth-order valence-corrected chi connectivity index (χ4v) is 2.53. The molecule has 1 unspecified atom stereocenters. The van der Waals surface area contributed by atoms with Crippen molar-refractivity contribution < 1.29 is 5.11 Å². The topological polar surface area (TPSA) is 38.0 Å². The molecule has 1 aromatic heterocycles. The average Bonchev–Trinajstić information content (AvgIpc) is 2.71. The monoisotopic (exact) mass is 298 g/mol. The lowest BCUT2D eigenvalue weighted by Gasteiger charge is -2.16. The standard InChI is InChI=1S/C14H16Cl2N2O/c1-9(2)18-14(12(16)8-17-18)13(19)7-10-4-3-5-11(15)6-10/h3-6,8-9,13,19H,7H2,1-2H3. The first-order chi connectivity index (χ1) is 8.99. The molecule has 0 aliphatic heterocycles. The fourth-order valence-electron chi connectivity index (χ4n) is 2.06. The van der Waals surface area contributed by atoms with Crippen LogP contribution in [0.15, 0.2) is 30.5 Å². The van der Waals surface area contributed by atoms with E-state index >= 15 is 0 Å². The van der Waals surface area contributed by atoms with Gasteiger partial charge in [-0.15, -0.1) is 0 Å². The molecule has 0 spiro atoms. The van der Waals surface area contributed by atoms with Crippen LogP contribution in [0.4, 0.5) is 0 Å². The zero-order chi connectivity index (χ0) is 14.0. The molecule has 0 aliphatic rings. The van der Waals surface area contributed by atoms with Gasteiger partial charge in [0.1, 0.15) is 6.10 Å². The second kappa shape index (κ2) is 5.95. The van der Waals surface area contributed by atoms with Crippen molar-refractivity contribution in [3.05, 3.63) is 51.8 Å². The van der Waals surface area contributed by atoms with E-state index in [0.717, 1.165) is 5.56 Å². The van der Waals surface area contributed by atoms with Crippen LogP contribution >= 0.6 is 23.2 Å². The Morgan fingerprint density at radius 3 is 2.68 bits per heavy atom. The van der Waals surface area contributed by atoms with Gasteiger partial charge in [0.25, 0.3) is 0 Å². The van der Waals surface area contributed by atoms with Crippen molar-refractivity contribution in [1.82, 2.24) is 9.78 Å². The van der Waals surface area contributed by atoms with Crippen molar-refractivity contribution in [2.75, 3.05) is 0 Å². The third-order valence-electron chi connectivity index (χ3n) is 2.91. The van der Waals surface area contributed by atoms with Crippen molar-refractivity contribution >= 4 is 23.2 Å². The van der Waals surface area contributed by atoms with Crippen LogP contribution in [0.5, 0.6) is 0 Å². The number of aliphatic hydroxyl groups is 1. The van der Waals surface area contributed by atoms with E-state index in [2.05, 4.69) is 5.10 Å². The van der Waals surface area contributed by atoms with Crippen LogP contribution in [0.1, 0.15) is 37.3 Å². The minimum absolute atomic E-state index is 0.150. The summed E-state index contributed by atoms with van der Waals surface area (Å²) in [4.78, 5) is 0. The molecule has 0 aliphatic carbocycles. The highest BCUT2D eigenvalue weighted by atomic mass is 35.5.